The highest BCUT2D eigenvalue weighted by atomic mass is 79.9. The highest BCUT2D eigenvalue weighted by molar-refractivity contribution is 9.10. The number of carboxylic acids is 1. The van der Waals surface area contributed by atoms with Crippen LogP contribution < -0.4 is 14.8 Å². The van der Waals surface area contributed by atoms with E-state index in [1.165, 1.54) is 14.2 Å². The van der Waals surface area contributed by atoms with E-state index in [9.17, 15) is 9.90 Å². The van der Waals surface area contributed by atoms with E-state index in [4.69, 9.17) is 14.6 Å². The number of rotatable bonds is 4. The summed E-state index contributed by atoms with van der Waals surface area (Å²) < 4.78 is 10.8. The molecule has 1 aromatic carbocycles. The monoisotopic (exact) mass is 345 g/mol. The maximum absolute atomic E-state index is 11.0. The maximum Gasteiger partial charge on any atom is 0.307 e. The van der Waals surface area contributed by atoms with Gasteiger partial charge in [-0.15, -0.1) is 0 Å². The molecular formula is C13H16BrNO5. The molecule has 110 valence electrons. The predicted molar refractivity (Wildman–Crippen MR) is 75.4 cm³/mol. The van der Waals surface area contributed by atoms with Gasteiger partial charge in [0.15, 0.2) is 11.5 Å². The zero-order valence-corrected chi connectivity index (χ0v) is 12.7. The van der Waals surface area contributed by atoms with Crippen LogP contribution in [0.3, 0.4) is 0 Å². The molecule has 1 aliphatic rings. The van der Waals surface area contributed by atoms with Crippen LogP contribution in [0, 0.1) is 5.92 Å². The number of benzene rings is 1. The normalized spacial score (nSPS) is 21.8. The molecule has 7 heteroatoms. The van der Waals surface area contributed by atoms with Crippen molar-refractivity contribution in [3.63, 3.8) is 0 Å². The van der Waals surface area contributed by atoms with Crippen molar-refractivity contribution in [2.45, 2.75) is 12.5 Å². The van der Waals surface area contributed by atoms with Crippen molar-refractivity contribution in [1.29, 1.82) is 0 Å². The molecule has 2 atom stereocenters. The predicted octanol–water partition coefficient (Wildman–Crippen LogP) is 1.91. The SMILES string of the molecule is COc1cc(C2CC(C(=O)O)CN2)c(O)c(Br)c1OC. The summed E-state index contributed by atoms with van der Waals surface area (Å²) in [7, 11) is 2.99. The van der Waals surface area contributed by atoms with Gasteiger partial charge in [-0.1, -0.05) is 0 Å². The number of nitrogens with one attached hydrogen (secondary N) is 1. The molecule has 1 aromatic rings. The van der Waals surface area contributed by atoms with Crippen LogP contribution in [0.1, 0.15) is 18.0 Å². The second-order valence-corrected chi connectivity index (χ2v) is 5.39. The number of carboxylic acid groups (broad SMARTS) is 1. The molecule has 1 fully saturated rings. The standard InChI is InChI=1S/C13H16BrNO5/c1-19-9-4-7(11(16)10(14)12(9)20-2)8-3-6(5-15-8)13(17)18/h4,6,8,15-16H,3,5H2,1-2H3,(H,17,18). The Balaban J connectivity index is 2.38. The number of hydrogen-bond donors (Lipinski definition) is 3. The van der Waals surface area contributed by atoms with Crippen LogP contribution in [0.4, 0.5) is 0 Å². The van der Waals surface area contributed by atoms with Crippen molar-refractivity contribution in [3.05, 3.63) is 16.1 Å². The summed E-state index contributed by atoms with van der Waals surface area (Å²) in [6.07, 6.45) is 0.421. The van der Waals surface area contributed by atoms with Crippen LogP contribution in [0.25, 0.3) is 0 Å². The molecule has 0 radical (unpaired) electrons. The minimum Gasteiger partial charge on any atom is -0.506 e. The van der Waals surface area contributed by atoms with E-state index < -0.39 is 11.9 Å². The lowest BCUT2D eigenvalue weighted by Crippen LogP contribution is -2.17. The van der Waals surface area contributed by atoms with Crippen LogP contribution in [0.15, 0.2) is 10.5 Å². The number of carbonyl (C=O) groups is 1. The molecule has 0 aromatic heterocycles. The van der Waals surface area contributed by atoms with Gasteiger partial charge in [-0.25, -0.2) is 0 Å². The Morgan fingerprint density at radius 3 is 2.65 bits per heavy atom. The fourth-order valence-electron chi connectivity index (χ4n) is 2.39. The Kier molecular flexibility index (Phi) is 4.39. The van der Waals surface area contributed by atoms with Crippen molar-refractivity contribution in [3.8, 4) is 17.2 Å². The van der Waals surface area contributed by atoms with Crippen LogP contribution in [-0.2, 0) is 4.79 Å². The summed E-state index contributed by atoms with van der Waals surface area (Å²) in [6.45, 7) is 0.380. The average Bonchev–Trinajstić information content (AvgIpc) is 2.91. The summed E-state index contributed by atoms with van der Waals surface area (Å²) in [6, 6.07) is 1.44. The van der Waals surface area contributed by atoms with Crippen LogP contribution >= 0.6 is 15.9 Å². The van der Waals surface area contributed by atoms with E-state index >= 15 is 0 Å². The summed E-state index contributed by atoms with van der Waals surface area (Å²) in [5, 5.41) is 22.4. The lowest BCUT2D eigenvalue weighted by atomic mass is 9.99. The largest absolute Gasteiger partial charge is 0.506 e. The molecule has 2 unspecified atom stereocenters. The van der Waals surface area contributed by atoms with E-state index in [2.05, 4.69) is 21.2 Å². The van der Waals surface area contributed by atoms with Gasteiger partial charge >= 0.3 is 5.97 Å². The van der Waals surface area contributed by atoms with E-state index in [1.807, 2.05) is 0 Å². The molecule has 6 nitrogen and oxygen atoms in total. The first-order valence-electron chi connectivity index (χ1n) is 6.09. The highest BCUT2D eigenvalue weighted by Gasteiger charge is 2.33. The quantitative estimate of drug-likeness (QED) is 0.772. The van der Waals surface area contributed by atoms with E-state index in [1.54, 1.807) is 6.07 Å². The molecule has 0 saturated carbocycles. The average molecular weight is 346 g/mol. The Bertz CT molecular complexity index is 534. The van der Waals surface area contributed by atoms with Gasteiger partial charge in [-0.05, 0) is 28.4 Å². The van der Waals surface area contributed by atoms with Gasteiger partial charge in [0.1, 0.15) is 10.2 Å². The smallest absolute Gasteiger partial charge is 0.307 e. The van der Waals surface area contributed by atoms with E-state index in [-0.39, 0.29) is 11.8 Å². The number of hydrogen-bond acceptors (Lipinski definition) is 5. The van der Waals surface area contributed by atoms with E-state index in [0.29, 0.717) is 34.5 Å². The van der Waals surface area contributed by atoms with Crippen molar-refractivity contribution >= 4 is 21.9 Å². The minimum absolute atomic E-state index is 0.0335. The molecule has 20 heavy (non-hydrogen) atoms. The lowest BCUT2D eigenvalue weighted by molar-refractivity contribution is -0.141. The van der Waals surface area contributed by atoms with Gasteiger partial charge < -0.3 is 25.0 Å². The topological polar surface area (TPSA) is 88.0 Å². The molecule has 1 heterocycles. The fraction of sp³-hybridized carbons (Fsp3) is 0.462. The minimum atomic E-state index is -0.834. The fourth-order valence-corrected chi connectivity index (χ4v) is 2.97. The van der Waals surface area contributed by atoms with Crippen molar-refractivity contribution in [2.24, 2.45) is 5.92 Å². The zero-order valence-electron chi connectivity index (χ0n) is 11.1. The zero-order chi connectivity index (χ0) is 14.9. The Morgan fingerprint density at radius 2 is 2.15 bits per heavy atom. The van der Waals surface area contributed by atoms with Gasteiger partial charge in [-0.3, -0.25) is 4.79 Å². The number of phenols is 1. The number of methoxy groups -OCH3 is 2. The van der Waals surface area contributed by atoms with Crippen LogP contribution in [0.2, 0.25) is 0 Å². The number of aromatic hydroxyl groups is 1. The first-order chi connectivity index (χ1) is 9.49. The second-order valence-electron chi connectivity index (χ2n) is 4.60. The highest BCUT2D eigenvalue weighted by Crippen LogP contribution is 2.46. The Labute approximate surface area is 124 Å². The van der Waals surface area contributed by atoms with Gasteiger partial charge in [0.2, 0.25) is 0 Å². The number of ether oxygens (including phenoxy) is 2. The third-order valence-corrected chi connectivity index (χ3v) is 4.21. The van der Waals surface area contributed by atoms with Gasteiger partial charge in [-0.2, -0.15) is 0 Å². The molecule has 0 spiro atoms. The summed E-state index contributed by atoms with van der Waals surface area (Å²) >= 11 is 3.27. The summed E-state index contributed by atoms with van der Waals surface area (Å²) in [4.78, 5) is 11.0. The third kappa shape index (κ3) is 2.55. The summed E-state index contributed by atoms with van der Waals surface area (Å²) in [5.41, 5.74) is 0.596. The van der Waals surface area contributed by atoms with Crippen molar-refractivity contribution in [2.75, 3.05) is 20.8 Å². The molecule has 0 aliphatic carbocycles. The van der Waals surface area contributed by atoms with Gasteiger partial charge in [0.05, 0.1) is 20.1 Å². The van der Waals surface area contributed by atoms with Crippen LogP contribution in [-0.4, -0.2) is 36.9 Å². The molecule has 1 saturated heterocycles. The molecular weight excluding hydrogens is 330 g/mol. The third-order valence-electron chi connectivity index (χ3n) is 3.47. The van der Waals surface area contributed by atoms with E-state index in [0.717, 1.165) is 0 Å². The Hall–Kier alpha value is -1.47. The Morgan fingerprint density at radius 1 is 1.45 bits per heavy atom. The number of phenolic OH excluding ortho intramolecular Hbond substituents is 1. The number of aliphatic carboxylic acids is 1. The lowest BCUT2D eigenvalue weighted by Gasteiger charge is -2.18. The second kappa shape index (κ2) is 5.88. The molecule has 1 aliphatic heterocycles. The first-order valence-corrected chi connectivity index (χ1v) is 6.88. The molecule has 0 bridgehead atoms. The van der Waals surface area contributed by atoms with Crippen molar-refractivity contribution in [1.82, 2.24) is 5.32 Å². The maximum atomic E-state index is 11.0. The number of halogens is 1. The van der Waals surface area contributed by atoms with Crippen LogP contribution in [0.5, 0.6) is 17.2 Å². The van der Waals surface area contributed by atoms with Gasteiger partial charge in [0, 0.05) is 18.2 Å². The molecule has 2 rings (SSSR count). The summed E-state index contributed by atoms with van der Waals surface area (Å²) in [5.74, 6) is -0.370. The molecule has 0 amide bonds. The van der Waals surface area contributed by atoms with Gasteiger partial charge in [0.25, 0.3) is 0 Å². The molecule has 3 N–H and O–H groups in total. The first kappa shape index (κ1) is 14.9. The van der Waals surface area contributed by atoms with Crippen molar-refractivity contribution < 1.29 is 24.5 Å².